The van der Waals surface area contributed by atoms with Crippen LogP contribution in [0, 0.1) is 0 Å². The number of nitrogens with one attached hydrogen (secondary N) is 2. The molecule has 0 spiro atoms. The van der Waals surface area contributed by atoms with E-state index in [4.69, 9.17) is 0 Å². The first-order valence-corrected chi connectivity index (χ1v) is 5.95. The van der Waals surface area contributed by atoms with E-state index in [9.17, 15) is 9.59 Å². The molecule has 18 heavy (non-hydrogen) atoms. The van der Waals surface area contributed by atoms with Crippen LogP contribution < -0.4 is 15.5 Å². The van der Waals surface area contributed by atoms with Gasteiger partial charge in [0.25, 0.3) is 0 Å². The van der Waals surface area contributed by atoms with E-state index < -0.39 is 0 Å². The largest absolute Gasteiger partial charge is 0.326 e. The Balaban J connectivity index is 2.21. The summed E-state index contributed by atoms with van der Waals surface area (Å²) in [7, 11) is 3.50. The molecule has 0 saturated heterocycles. The molecule has 0 fully saturated rings. The Morgan fingerprint density at radius 3 is 2.94 bits per heavy atom. The molecule has 0 aromatic heterocycles. The van der Waals surface area contributed by atoms with E-state index in [-0.39, 0.29) is 11.8 Å². The van der Waals surface area contributed by atoms with E-state index in [1.807, 2.05) is 18.2 Å². The maximum absolute atomic E-state index is 11.8. The fourth-order valence-electron chi connectivity index (χ4n) is 1.99. The van der Waals surface area contributed by atoms with Gasteiger partial charge in [-0.15, -0.1) is 0 Å². The molecule has 96 valence electrons. The van der Waals surface area contributed by atoms with Crippen molar-refractivity contribution in [3.8, 4) is 0 Å². The van der Waals surface area contributed by atoms with Crippen LogP contribution in [0.5, 0.6) is 0 Å². The summed E-state index contributed by atoms with van der Waals surface area (Å²) in [4.78, 5) is 24.6. The van der Waals surface area contributed by atoms with Gasteiger partial charge < -0.3 is 15.5 Å². The van der Waals surface area contributed by atoms with Crippen molar-refractivity contribution < 1.29 is 9.59 Å². The SMILES string of the molecule is CNCC(=O)N(C)c1ccc2c(c1)CCC(=O)N2. The fraction of sp³-hybridized carbons (Fsp3) is 0.385. The predicted molar refractivity (Wildman–Crippen MR) is 70.7 cm³/mol. The minimum Gasteiger partial charge on any atom is -0.326 e. The average Bonchev–Trinajstić information content (AvgIpc) is 2.37. The summed E-state index contributed by atoms with van der Waals surface area (Å²) >= 11 is 0. The topological polar surface area (TPSA) is 61.4 Å². The molecule has 1 heterocycles. The summed E-state index contributed by atoms with van der Waals surface area (Å²) in [5, 5.41) is 5.66. The first kappa shape index (κ1) is 12.6. The van der Waals surface area contributed by atoms with Gasteiger partial charge in [-0.2, -0.15) is 0 Å². The Morgan fingerprint density at radius 1 is 1.44 bits per heavy atom. The van der Waals surface area contributed by atoms with Crippen molar-refractivity contribution in [3.05, 3.63) is 23.8 Å². The molecule has 2 N–H and O–H groups in total. The van der Waals surface area contributed by atoms with E-state index in [0.29, 0.717) is 13.0 Å². The summed E-state index contributed by atoms with van der Waals surface area (Å²) < 4.78 is 0. The molecule has 0 radical (unpaired) electrons. The molecule has 1 aliphatic rings. The van der Waals surface area contributed by atoms with Crippen LogP contribution in [0.4, 0.5) is 11.4 Å². The van der Waals surface area contributed by atoms with E-state index in [0.717, 1.165) is 23.4 Å². The van der Waals surface area contributed by atoms with E-state index >= 15 is 0 Å². The van der Waals surface area contributed by atoms with Crippen LogP contribution in [0.1, 0.15) is 12.0 Å². The number of anilines is 2. The summed E-state index contributed by atoms with van der Waals surface area (Å²) in [6, 6.07) is 5.66. The van der Waals surface area contributed by atoms with Crippen LogP contribution in [-0.2, 0) is 16.0 Å². The van der Waals surface area contributed by atoms with E-state index in [2.05, 4.69) is 10.6 Å². The Labute approximate surface area is 106 Å². The maximum atomic E-state index is 11.8. The lowest BCUT2D eigenvalue weighted by Gasteiger charge is -2.22. The molecule has 5 heteroatoms. The second-order valence-corrected chi connectivity index (χ2v) is 4.37. The van der Waals surface area contributed by atoms with Gasteiger partial charge in [-0.1, -0.05) is 0 Å². The molecule has 1 aromatic rings. The molecular weight excluding hydrogens is 230 g/mol. The summed E-state index contributed by atoms with van der Waals surface area (Å²) in [6.45, 7) is 0.310. The van der Waals surface area contributed by atoms with Crippen LogP contribution in [0.15, 0.2) is 18.2 Å². The Hall–Kier alpha value is -1.88. The molecular formula is C13H17N3O2. The molecule has 0 atom stereocenters. The standard InChI is InChI=1S/C13H17N3O2/c1-14-8-13(18)16(2)10-4-5-11-9(7-10)3-6-12(17)15-11/h4-5,7,14H,3,6,8H2,1-2H3,(H,15,17). The molecule has 1 aromatic carbocycles. The number of nitrogens with zero attached hydrogens (tertiary/aromatic N) is 1. The third-order valence-corrected chi connectivity index (χ3v) is 3.07. The molecule has 0 aliphatic carbocycles. The van der Waals surface area contributed by atoms with E-state index in [1.165, 1.54) is 0 Å². The highest BCUT2D eigenvalue weighted by Crippen LogP contribution is 2.27. The zero-order valence-corrected chi connectivity index (χ0v) is 10.6. The van der Waals surface area contributed by atoms with Gasteiger partial charge in [-0.05, 0) is 37.2 Å². The van der Waals surface area contributed by atoms with Gasteiger partial charge in [0.15, 0.2) is 0 Å². The van der Waals surface area contributed by atoms with Gasteiger partial charge in [0.2, 0.25) is 11.8 Å². The molecule has 1 aliphatic heterocycles. The van der Waals surface area contributed by atoms with Crippen LogP contribution >= 0.6 is 0 Å². The lowest BCUT2D eigenvalue weighted by molar-refractivity contribution is -0.117. The fourth-order valence-corrected chi connectivity index (χ4v) is 1.99. The van der Waals surface area contributed by atoms with Crippen molar-refractivity contribution in [1.82, 2.24) is 5.32 Å². The van der Waals surface area contributed by atoms with Gasteiger partial charge >= 0.3 is 0 Å². The molecule has 0 saturated carbocycles. The average molecular weight is 247 g/mol. The number of carbonyl (C=O) groups is 2. The zero-order valence-electron chi connectivity index (χ0n) is 10.6. The van der Waals surface area contributed by atoms with Crippen molar-refractivity contribution in [2.45, 2.75) is 12.8 Å². The lowest BCUT2D eigenvalue weighted by atomic mass is 10.0. The predicted octanol–water partition coefficient (Wildman–Crippen LogP) is 0.753. The maximum Gasteiger partial charge on any atom is 0.240 e. The zero-order chi connectivity index (χ0) is 13.1. The smallest absolute Gasteiger partial charge is 0.240 e. The number of hydrogen-bond acceptors (Lipinski definition) is 3. The van der Waals surface area contributed by atoms with Gasteiger partial charge in [0.05, 0.1) is 6.54 Å². The minimum absolute atomic E-state index is 0.0114. The number of fused-ring (bicyclic) bond motifs is 1. The normalized spacial score (nSPS) is 13.8. The highest BCUT2D eigenvalue weighted by molar-refractivity contribution is 5.97. The minimum atomic E-state index is 0.0114. The molecule has 5 nitrogen and oxygen atoms in total. The van der Waals surface area contributed by atoms with Gasteiger partial charge in [0.1, 0.15) is 0 Å². The highest BCUT2D eigenvalue weighted by Gasteiger charge is 2.17. The van der Waals surface area contributed by atoms with Crippen molar-refractivity contribution in [3.63, 3.8) is 0 Å². The van der Waals surface area contributed by atoms with E-state index in [1.54, 1.807) is 19.0 Å². The van der Waals surface area contributed by atoms with Gasteiger partial charge in [0, 0.05) is 24.8 Å². The van der Waals surface area contributed by atoms with Crippen molar-refractivity contribution in [2.75, 3.05) is 30.9 Å². The number of hydrogen-bond donors (Lipinski definition) is 2. The van der Waals surface area contributed by atoms with Crippen LogP contribution in [0.2, 0.25) is 0 Å². The van der Waals surface area contributed by atoms with Crippen LogP contribution in [0.25, 0.3) is 0 Å². The first-order chi connectivity index (χ1) is 8.61. The Morgan fingerprint density at radius 2 is 2.22 bits per heavy atom. The third-order valence-electron chi connectivity index (χ3n) is 3.07. The Bertz CT molecular complexity index is 485. The number of rotatable bonds is 3. The molecule has 2 amide bonds. The highest BCUT2D eigenvalue weighted by atomic mass is 16.2. The number of carbonyl (C=O) groups excluding carboxylic acids is 2. The number of aryl methyl sites for hydroxylation is 1. The van der Waals surface area contributed by atoms with Crippen LogP contribution in [0.3, 0.4) is 0 Å². The monoisotopic (exact) mass is 247 g/mol. The Kier molecular flexibility index (Phi) is 3.62. The van der Waals surface area contributed by atoms with Gasteiger partial charge in [-0.25, -0.2) is 0 Å². The second-order valence-electron chi connectivity index (χ2n) is 4.37. The second kappa shape index (κ2) is 5.18. The summed E-state index contributed by atoms with van der Waals surface area (Å²) in [5.74, 6) is 0.0622. The number of likely N-dealkylation sites (N-methyl/N-ethyl adjacent to an activating group) is 2. The van der Waals surface area contributed by atoms with Crippen molar-refractivity contribution in [2.24, 2.45) is 0 Å². The quantitative estimate of drug-likeness (QED) is 0.828. The first-order valence-electron chi connectivity index (χ1n) is 5.95. The van der Waals surface area contributed by atoms with Crippen molar-refractivity contribution >= 4 is 23.2 Å². The van der Waals surface area contributed by atoms with Crippen molar-refractivity contribution in [1.29, 1.82) is 0 Å². The molecule has 2 rings (SSSR count). The summed E-state index contributed by atoms with van der Waals surface area (Å²) in [5.41, 5.74) is 2.78. The van der Waals surface area contributed by atoms with Gasteiger partial charge in [-0.3, -0.25) is 9.59 Å². The number of benzene rings is 1. The molecule has 0 unspecified atom stereocenters. The van der Waals surface area contributed by atoms with Crippen LogP contribution in [-0.4, -0.2) is 32.5 Å². The summed E-state index contributed by atoms with van der Waals surface area (Å²) in [6.07, 6.45) is 1.23. The molecule has 0 bridgehead atoms. The third kappa shape index (κ3) is 2.51. The lowest BCUT2D eigenvalue weighted by Crippen LogP contribution is -2.34. The number of amides is 2.